The van der Waals surface area contributed by atoms with E-state index in [0.717, 1.165) is 16.3 Å². The number of carbonyl (C=O) groups excluding carboxylic acids is 1. The summed E-state index contributed by atoms with van der Waals surface area (Å²) in [6, 6.07) is 11.1. The molecule has 0 aliphatic carbocycles. The van der Waals surface area contributed by atoms with Gasteiger partial charge in [0.25, 0.3) is 0 Å². The average Bonchev–Trinajstić information content (AvgIpc) is 2.99. The minimum atomic E-state index is -0.582. The Morgan fingerprint density at radius 2 is 1.83 bits per heavy atom. The zero-order valence-electron chi connectivity index (χ0n) is 12.6. The lowest BCUT2D eigenvalue weighted by molar-refractivity contribution is 0.1000. The summed E-state index contributed by atoms with van der Waals surface area (Å²) in [6.45, 7) is 0. The molecule has 6 heteroatoms. The van der Waals surface area contributed by atoms with Gasteiger partial charge in [-0.15, -0.1) is 0 Å². The topological polar surface area (TPSA) is 109 Å². The number of aromatic nitrogens is 3. The molecule has 1 aromatic carbocycles. The second-order valence-corrected chi connectivity index (χ2v) is 5.41. The maximum absolute atomic E-state index is 11.7. The molecule has 0 radical (unpaired) electrons. The molecule has 4 N–H and O–H groups in total. The molecule has 0 aliphatic rings. The molecular weight excluding hydrogens is 302 g/mol. The van der Waals surface area contributed by atoms with E-state index in [2.05, 4.69) is 15.0 Å². The van der Waals surface area contributed by atoms with E-state index < -0.39 is 5.91 Å². The smallest absolute Gasteiger partial charge is 0.249 e. The number of pyridine rings is 2. The highest BCUT2D eigenvalue weighted by atomic mass is 16.1. The third-order valence-corrected chi connectivity index (χ3v) is 4.03. The van der Waals surface area contributed by atoms with Crippen LogP contribution in [0.15, 0.2) is 55.0 Å². The number of fused-ring (bicyclic) bond motifs is 3. The van der Waals surface area contributed by atoms with Gasteiger partial charge >= 0.3 is 0 Å². The van der Waals surface area contributed by atoms with Gasteiger partial charge in [0.2, 0.25) is 5.91 Å². The van der Waals surface area contributed by atoms with Crippen LogP contribution in [0.3, 0.4) is 0 Å². The molecule has 1 amide bonds. The van der Waals surface area contributed by atoms with Gasteiger partial charge < -0.3 is 10.7 Å². The average molecular weight is 315 g/mol. The highest BCUT2D eigenvalue weighted by Gasteiger charge is 2.18. The molecule has 4 rings (SSSR count). The van der Waals surface area contributed by atoms with Crippen LogP contribution in [-0.4, -0.2) is 26.6 Å². The first-order chi connectivity index (χ1) is 11.7. The fourth-order valence-electron chi connectivity index (χ4n) is 2.93. The summed E-state index contributed by atoms with van der Waals surface area (Å²) < 4.78 is 0. The van der Waals surface area contributed by atoms with Crippen LogP contribution in [-0.2, 0) is 0 Å². The van der Waals surface area contributed by atoms with E-state index in [1.807, 2.05) is 24.3 Å². The molecule has 6 nitrogen and oxygen atoms in total. The van der Waals surface area contributed by atoms with Crippen molar-refractivity contribution in [2.24, 2.45) is 5.73 Å². The zero-order valence-corrected chi connectivity index (χ0v) is 12.6. The summed E-state index contributed by atoms with van der Waals surface area (Å²) in [5.74, 6) is -0.582. The Bertz CT molecular complexity index is 1110. The molecule has 116 valence electrons. The van der Waals surface area contributed by atoms with Crippen molar-refractivity contribution in [3.05, 3.63) is 71.7 Å². The van der Waals surface area contributed by atoms with E-state index in [1.54, 1.807) is 12.3 Å². The fourth-order valence-corrected chi connectivity index (χ4v) is 2.93. The quantitative estimate of drug-likeness (QED) is 0.506. The first kappa shape index (κ1) is 14.1. The van der Waals surface area contributed by atoms with Gasteiger partial charge in [-0.2, -0.15) is 0 Å². The van der Waals surface area contributed by atoms with Gasteiger partial charge in [0, 0.05) is 46.0 Å². The summed E-state index contributed by atoms with van der Waals surface area (Å²) in [5.41, 5.74) is 8.62. The molecule has 0 unspecified atom stereocenters. The highest BCUT2D eigenvalue weighted by Crippen LogP contribution is 2.28. The molecule has 4 aromatic rings. The molecule has 3 heterocycles. The van der Waals surface area contributed by atoms with E-state index in [4.69, 9.17) is 11.1 Å². The zero-order chi connectivity index (χ0) is 16.7. The monoisotopic (exact) mass is 315 g/mol. The third kappa shape index (κ3) is 2.04. The lowest BCUT2D eigenvalue weighted by atomic mass is 9.97. The Labute approximate surface area is 136 Å². The van der Waals surface area contributed by atoms with Crippen LogP contribution in [0.2, 0.25) is 0 Å². The first-order valence-corrected chi connectivity index (χ1v) is 7.35. The maximum atomic E-state index is 11.7. The summed E-state index contributed by atoms with van der Waals surface area (Å²) in [7, 11) is 0. The maximum Gasteiger partial charge on any atom is 0.249 e. The second kappa shape index (κ2) is 5.27. The van der Waals surface area contributed by atoms with Crippen molar-refractivity contribution in [3.63, 3.8) is 0 Å². The van der Waals surface area contributed by atoms with Crippen molar-refractivity contribution >= 4 is 33.6 Å². The van der Waals surface area contributed by atoms with Crippen molar-refractivity contribution in [2.45, 2.75) is 0 Å². The minimum absolute atomic E-state index is 0.189. The number of benzene rings is 1. The number of H-pyrrole nitrogens is 1. The lowest BCUT2D eigenvalue weighted by Crippen LogP contribution is -2.17. The van der Waals surface area contributed by atoms with Gasteiger partial charge in [-0.05, 0) is 18.2 Å². The number of aromatic amines is 1. The number of para-hydroxylation sites is 1. The number of nitrogens with one attached hydrogen (secondary N) is 2. The molecule has 3 aromatic heterocycles. The molecule has 0 bridgehead atoms. The number of nitrogens with zero attached hydrogens (tertiary/aromatic N) is 2. The third-order valence-electron chi connectivity index (χ3n) is 4.03. The van der Waals surface area contributed by atoms with Gasteiger partial charge in [0.15, 0.2) is 0 Å². The van der Waals surface area contributed by atoms with E-state index in [1.165, 1.54) is 18.5 Å². The number of nitrogens with two attached hydrogens (primary N) is 1. The lowest BCUT2D eigenvalue weighted by Gasteiger charge is -2.09. The van der Waals surface area contributed by atoms with Crippen LogP contribution < -0.4 is 5.73 Å². The fraction of sp³-hybridized carbons (Fsp3) is 0. The van der Waals surface area contributed by atoms with Gasteiger partial charge in [0.05, 0.1) is 11.3 Å². The number of rotatable bonds is 3. The molecule has 0 saturated carbocycles. The Balaban J connectivity index is 2.00. The van der Waals surface area contributed by atoms with E-state index >= 15 is 0 Å². The van der Waals surface area contributed by atoms with Crippen LogP contribution in [0.4, 0.5) is 0 Å². The number of hydrogen-bond acceptors (Lipinski definition) is 4. The number of primary amides is 1. The number of carbonyl (C=O) groups is 1. The summed E-state index contributed by atoms with van der Waals surface area (Å²) in [4.78, 5) is 23.3. The van der Waals surface area contributed by atoms with E-state index in [-0.39, 0.29) is 11.3 Å². The second-order valence-electron chi connectivity index (χ2n) is 5.41. The van der Waals surface area contributed by atoms with Crippen molar-refractivity contribution in [1.29, 1.82) is 5.41 Å². The molecule has 0 fully saturated rings. The highest BCUT2D eigenvalue weighted by molar-refractivity contribution is 6.24. The molecule has 0 spiro atoms. The van der Waals surface area contributed by atoms with Crippen LogP contribution in [0.1, 0.15) is 21.5 Å². The molecule has 0 atom stereocenters. The Morgan fingerprint density at radius 3 is 2.67 bits per heavy atom. The standard InChI is InChI=1S/C18H13N5O/c19-16(13-9-21-7-5-10(13)17(20)24)12-6-8-22-18-15(12)11-3-1-2-4-14(11)23-18/h1-9,19H,(H2,20,24)(H,22,23). The van der Waals surface area contributed by atoms with Crippen LogP contribution >= 0.6 is 0 Å². The Morgan fingerprint density at radius 1 is 1.04 bits per heavy atom. The van der Waals surface area contributed by atoms with E-state index in [0.29, 0.717) is 16.8 Å². The Kier molecular flexibility index (Phi) is 3.09. The minimum Gasteiger partial charge on any atom is -0.366 e. The first-order valence-electron chi connectivity index (χ1n) is 7.35. The molecule has 0 saturated heterocycles. The normalized spacial score (nSPS) is 11.0. The molecular formula is C18H13N5O. The van der Waals surface area contributed by atoms with Crippen molar-refractivity contribution in [3.8, 4) is 0 Å². The van der Waals surface area contributed by atoms with Gasteiger partial charge in [0.1, 0.15) is 5.65 Å². The SMILES string of the molecule is N=C(c1cnccc1C(N)=O)c1ccnc2[nH]c3ccccc3c12. The van der Waals surface area contributed by atoms with Gasteiger partial charge in [-0.3, -0.25) is 15.2 Å². The number of hydrogen-bond donors (Lipinski definition) is 3. The predicted molar refractivity (Wildman–Crippen MR) is 92.3 cm³/mol. The van der Waals surface area contributed by atoms with Gasteiger partial charge in [-0.25, -0.2) is 4.98 Å². The summed E-state index contributed by atoms with van der Waals surface area (Å²) in [6.07, 6.45) is 4.62. The van der Waals surface area contributed by atoms with E-state index in [9.17, 15) is 4.79 Å². The van der Waals surface area contributed by atoms with Crippen LogP contribution in [0, 0.1) is 5.41 Å². The number of amides is 1. The molecule has 24 heavy (non-hydrogen) atoms. The Hall–Kier alpha value is -3.54. The summed E-state index contributed by atoms with van der Waals surface area (Å²) >= 11 is 0. The van der Waals surface area contributed by atoms with Crippen molar-refractivity contribution < 1.29 is 4.79 Å². The van der Waals surface area contributed by atoms with Crippen LogP contribution in [0.5, 0.6) is 0 Å². The van der Waals surface area contributed by atoms with Crippen LogP contribution in [0.25, 0.3) is 21.9 Å². The largest absolute Gasteiger partial charge is 0.366 e. The summed E-state index contributed by atoms with van der Waals surface area (Å²) in [5, 5.41) is 10.4. The van der Waals surface area contributed by atoms with Gasteiger partial charge in [-0.1, -0.05) is 18.2 Å². The van der Waals surface area contributed by atoms with Crippen molar-refractivity contribution in [2.75, 3.05) is 0 Å². The van der Waals surface area contributed by atoms with Crippen molar-refractivity contribution in [1.82, 2.24) is 15.0 Å². The molecule has 0 aliphatic heterocycles. The predicted octanol–water partition coefficient (Wildman–Crippen LogP) is 2.63.